The molecule has 20 heavy (non-hydrogen) atoms. The Balaban J connectivity index is 1.98. The molecular formula is C9H10N10S. The van der Waals surface area contributed by atoms with E-state index < -0.39 is 0 Å². The lowest BCUT2D eigenvalue weighted by molar-refractivity contribution is 0.776. The number of nitrogens with two attached hydrogens (primary N) is 1. The topological polar surface area (TPSA) is 125 Å². The van der Waals surface area contributed by atoms with Gasteiger partial charge in [0.2, 0.25) is 17.1 Å². The van der Waals surface area contributed by atoms with Crippen LogP contribution in [0.3, 0.4) is 0 Å². The number of anilines is 1. The van der Waals surface area contributed by atoms with Gasteiger partial charge in [-0.1, -0.05) is 0 Å². The first kappa shape index (κ1) is 12.5. The van der Waals surface area contributed by atoms with Crippen LogP contribution in [0, 0.1) is 0 Å². The van der Waals surface area contributed by atoms with Crippen LogP contribution in [0.2, 0.25) is 0 Å². The summed E-state index contributed by atoms with van der Waals surface area (Å²) in [6.07, 6.45) is 6.55. The summed E-state index contributed by atoms with van der Waals surface area (Å²) in [5.74, 6) is 6.04. The number of nitrogens with one attached hydrogen (secondary N) is 1. The standard InChI is InChI=1S/C9H10N10S/c1-18-5-12-17-9(18)20-8-14-6(16-10)13-7(15-8)19-3-2-11-4-19/h2-5H,10H2,1H3,(H,13,14,15,16). The Labute approximate surface area is 117 Å². The van der Waals surface area contributed by atoms with Gasteiger partial charge in [0.15, 0.2) is 5.16 Å². The molecule has 0 aromatic carbocycles. The van der Waals surface area contributed by atoms with Gasteiger partial charge in [0, 0.05) is 19.4 Å². The second-order valence-electron chi connectivity index (χ2n) is 3.68. The molecule has 3 aromatic rings. The van der Waals surface area contributed by atoms with Crippen molar-refractivity contribution in [3.63, 3.8) is 0 Å². The van der Waals surface area contributed by atoms with Crippen molar-refractivity contribution in [3.8, 4) is 5.95 Å². The fourth-order valence-corrected chi connectivity index (χ4v) is 2.10. The average molecular weight is 290 g/mol. The maximum absolute atomic E-state index is 5.37. The lowest BCUT2D eigenvalue weighted by Crippen LogP contribution is -2.13. The number of nitrogen functional groups attached to an aromatic ring is 1. The number of hydrogen-bond acceptors (Lipinski definition) is 9. The number of imidazole rings is 1. The van der Waals surface area contributed by atoms with Crippen LogP contribution in [-0.2, 0) is 7.05 Å². The van der Waals surface area contributed by atoms with E-state index in [1.807, 2.05) is 7.05 Å². The maximum Gasteiger partial charge on any atom is 0.242 e. The molecule has 3 heterocycles. The highest BCUT2D eigenvalue weighted by Gasteiger charge is 2.11. The minimum atomic E-state index is 0.258. The lowest BCUT2D eigenvalue weighted by Gasteiger charge is -2.05. The number of hydrogen-bond donors (Lipinski definition) is 2. The molecule has 0 spiro atoms. The summed E-state index contributed by atoms with van der Waals surface area (Å²) in [5.41, 5.74) is 2.41. The van der Waals surface area contributed by atoms with Crippen LogP contribution in [0.25, 0.3) is 5.95 Å². The summed E-state index contributed by atoms with van der Waals surface area (Å²) in [7, 11) is 1.84. The van der Waals surface area contributed by atoms with Crippen LogP contribution < -0.4 is 11.3 Å². The van der Waals surface area contributed by atoms with Gasteiger partial charge in [-0.25, -0.2) is 10.8 Å². The van der Waals surface area contributed by atoms with Gasteiger partial charge in [-0.15, -0.1) is 10.2 Å². The van der Waals surface area contributed by atoms with Gasteiger partial charge in [-0.2, -0.15) is 15.0 Å². The van der Waals surface area contributed by atoms with Crippen molar-refractivity contribution in [2.24, 2.45) is 12.9 Å². The summed E-state index contributed by atoms with van der Waals surface area (Å²) in [5, 5.41) is 8.88. The molecular weight excluding hydrogens is 280 g/mol. The molecule has 0 aliphatic carbocycles. The Kier molecular flexibility index (Phi) is 3.26. The van der Waals surface area contributed by atoms with Gasteiger partial charge >= 0.3 is 0 Å². The molecule has 0 radical (unpaired) electrons. The molecule has 0 fully saturated rings. The number of aryl methyl sites for hydroxylation is 1. The molecule has 0 aliphatic heterocycles. The molecule has 11 heteroatoms. The van der Waals surface area contributed by atoms with E-state index in [0.29, 0.717) is 16.3 Å². The minimum absolute atomic E-state index is 0.258. The third kappa shape index (κ3) is 2.44. The normalized spacial score (nSPS) is 10.7. The third-order valence-corrected chi connectivity index (χ3v) is 3.24. The van der Waals surface area contributed by atoms with E-state index in [2.05, 4.69) is 35.6 Å². The van der Waals surface area contributed by atoms with Crippen molar-refractivity contribution in [2.75, 3.05) is 5.43 Å². The van der Waals surface area contributed by atoms with Gasteiger partial charge in [0.1, 0.15) is 12.7 Å². The van der Waals surface area contributed by atoms with Crippen molar-refractivity contribution in [3.05, 3.63) is 25.0 Å². The smallest absolute Gasteiger partial charge is 0.242 e. The maximum atomic E-state index is 5.37. The van der Waals surface area contributed by atoms with Crippen molar-refractivity contribution in [1.82, 2.24) is 39.3 Å². The molecule has 0 saturated heterocycles. The Morgan fingerprint density at radius 2 is 2.15 bits per heavy atom. The number of rotatable bonds is 4. The SMILES string of the molecule is Cn1cnnc1Sc1nc(NN)nc(-n2ccnc2)n1. The molecule has 3 aromatic heterocycles. The molecule has 0 bridgehead atoms. The molecule has 0 unspecified atom stereocenters. The largest absolute Gasteiger partial charge is 0.311 e. The van der Waals surface area contributed by atoms with E-state index in [9.17, 15) is 0 Å². The van der Waals surface area contributed by atoms with Gasteiger partial charge in [-0.05, 0) is 11.8 Å². The van der Waals surface area contributed by atoms with Gasteiger partial charge in [-0.3, -0.25) is 9.99 Å². The van der Waals surface area contributed by atoms with Crippen molar-refractivity contribution in [1.29, 1.82) is 0 Å². The molecule has 0 aliphatic rings. The number of nitrogens with zero attached hydrogens (tertiary/aromatic N) is 8. The minimum Gasteiger partial charge on any atom is -0.311 e. The predicted molar refractivity (Wildman–Crippen MR) is 69.9 cm³/mol. The lowest BCUT2D eigenvalue weighted by atomic mass is 10.8. The zero-order valence-corrected chi connectivity index (χ0v) is 11.2. The quantitative estimate of drug-likeness (QED) is 0.488. The summed E-state index contributed by atoms with van der Waals surface area (Å²) in [4.78, 5) is 16.6. The molecule has 102 valence electrons. The van der Waals surface area contributed by atoms with Crippen molar-refractivity contribution >= 4 is 17.7 Å². The third-order valence-electron chi connectivity index (χ3n) is 2.32. The van der Waals surface area contributed by atoms with E-state index in [-0.39, 0.29) is 5.95 Å². The predicted octanol–water partition coefficient (Wildman–Crippen LogP) is -0.377. The van der Waals surface area contributed by atoms with Crippen LogP contribution in [0.15, 0.2) is 35.4 Å². The van der Waals surface area contributed by atoms with E-state index >= 15 is 0 Å². The van der Waals surface area contributed by atoms with Crippen LogP contribution in [0.1, 0.15) is 0 Å². The molecule has 0 amide bonds. The molecule has 0 atom stereocenters. The van der Waals surface area contributed by atoms with Crippen LogP contribution in [0.5, 0.6) is 0 Å². The summed E-state index contributed by atoms with van der Waals surface area (Å²) in [6.45, 7) is 0. The summed E-state index contributed by atoms with van der Waals surface area (Å²) < 4.78 is 3.42. The van der Waals surface area contributed by atoms with Crippen molar-refractivity contribution < 1.29 is 0 Å². The fourth-order valence-electron chi connectivity index (χ4n) is 1.40. The molecule has 3 N–H and O–H groups in total. The Morgan fingerprint density at radius 1 is 1.25 bits per heavy atom. The van der Waals surface area contributed by atoms with E-state index in [1.165, 1.54) is 11.8 Å². The second-order valence-corrected chi connectivity index (χ2v) is 4.62. The highest BCUT2D eigenvalue weighted by Crippen LogP contribution is 2.22. The van der Waals surface area contributed by atoms with Gasteiger partial charge < -0.3 is 4.57 Å². The van der Waals surface area contributed by atoms with E-state index in [0.717, 1.165) is 0 Å². The Hall–Kier alpha value is -2.53. The second kappa shape index (κ2) is 5.22. The van der Waals surface area contributed by atoms with Crippen LogP contribution >= 0.6 is 11.8 Å². The van der Waals surface area contributed by atoms with Gasteiger partial charge in [0.25, 0.3) is 0 Å². The molecule has 10 nitrogen and oxygen atoms in total. The molecule has 0 saturated carbocycles. The van der Waals surface area contributed by atoms with Crippen LogP contribution in [0.4, 0.5) is 5.95 Å². The Morgan fingerprint density at radius 3 is 2.80 bits per heavy atom. The Bertz CT molecular complexity index is 705. The van der Waals surface area contributed by atoms with E-state index in [1.54, 1.807) is 34.2 Å². The van der Waals surface area contributed by atoms with Crippen molar-refractivity contribution in [2.45, 2.75) is 10.3 Å². The van der Waals surface area contributed by atoms with E-state index in [4.69, 9.17) is 5.84 Å². The highest BCUT2D eigenvalue weighted by atomic mass is 32.2. The number of hydrazine groups is 1. The fraction of sp³-hybridized carbons (Fsp3) is 0.111. The first-order chi connectivity index (χ1) is 9.76. The first-order valence-corrected chi connectivity index (χ1v) is 6.31. The zero-order valence-electron chi connectivity index (χ0n) is 10.4. The van der Waals surface area contributed by atoms with Gasteiger partial charge in [0.05, 0.1) is 0 Å². The monoisotopic (exact) mass is 290 g/mol. The first-order valence-electron chi connectivity index (χ1n) is 5.49. The van der Waals surface area contributed by atoms with Crippen LogP contribution in [-0.4, -0.2) is 39.3 Å². The zero-order chi connectivity index (χ0) is 13.9. The highest BCUT2D eigenvalue weighted by molar-refractivity contribution is 7.99. The summed E-state index contributed by atoms with van der Waals surface area (Å²) in [6, 6.07) is 0. The average Bonchev–Trinajstić information content (AvgIpc) is 3.11. The molecule has 3 rings (SSSR count). The summed E-state index contributed by atoms with van der Waals surface area (Å²) >= 11 is 1.26. The number of aromatic nitrogens is 8.